The summed E-state index contributed by atoms with van der Waals surface area (Å²) in [5, 5.41) is 8.70. The fourth-order valence-electron chi connectivity index (χ4n) is 3.85. The van der Waals surface area contributed by atoms with E-state index >= 15 is 0 Å². The number of rotatable bonds is 7. The van der Waals surface area contributed by atoms with Gasteiger partial charge in [0.15, 0.2) is 5.13 Å². The summed E-state index contributed by atoms with van der Waals surface area (Å²) in [6.45, 7) is 0.516. The molecule has 2 N–H and O–H groups in total. The van der Waals surface area contributed by atoms with E-state index in [1.54, 1.807) is 37.4 Å². The van der Waals surface area contributed by atoms with Crippen LogP contribution < -0.4 is 15.4 Å². The highest BCUT2D eigenvalue weighted by Gasteiger charge is 2.33. The maximum Gasteiger partial charge on any atom is 0.243 e. The number of thiazole rings is 1. The van der Waals surface area contributed by atoms with E-state index in [0.717, 1.165) is 20.9 Å². The summed E-state index contributed by atoms with van der Waals surface area (Å²) in [5.74, 6) is -0.181. The van der Waals surface area contributed by atoms with E-state index in [9.17, 15) is 13.2 Å². The molecule has 8 nitrogen and oxygen atoms in total. The summed E-state index contributed by atoms with van der Waals surface area (Å²) < 4.78 is 33.8. The summed E-state index contributed by atoms with van der Waals surface area (Å²) in [6, 6.07) is 12.0. The van der Waals surface area contributed by atoms with E-state index in [-0.39, 0.29) is 17.3 Å². The molecule has 2 heterocycles. The second-order valence-electron chi connectivity index (χ2n) is 7.85. The number of sulfonamides is 1. The zero-order valence-corrected chi connectivity index (χ0v) is 22.0. The first-order valence-corrected chi connectivity index (χ1v) is 13.8. The molecule has 1 saturated heterocycles. The number of amides is 1. The second-order valence-corrected chi connectivity index (χ2v) is 11.6. The third kappa shape index (κ3) is 5.27. The Bertz CT molecular complexity index is 1280. The number of carbonyl (C=O) groups excluding carboxylic acids is 1. The highest BCUT2D eigenvalue weighted by Crippen LogP contribution is 2.33. The molecular weight excluding hydrogens is 540 g/mol. The van der Waals surface area contributed by atoms with Crippen LogP contribution in [0.2, 0.25) is 0 Å². The molecule has 0 unspecified atom stereocenters. The van der Waals surface area contributed by atoms with Crippen LogP contribution in [0.4, 0.5) is 10.8 Å². The quantitative estimate of drug-likeness (QED) is 0.432. The van der Waals surface area contributed by atoms with Crippen molar-refractivity contribution in [3.8, 4) is 17.0 Å². The molecule has 0 bridgehead atoms. The number of ether oxygens (including phenoxy) is 1. The van der Waals surface area contributed by atoms with Gasteiger partial charge in [0.25, 0.3) is 0 Å². The van der Waals surface area contributed by atoms with Gasteiger partial charge in [0.1, 0.15) is 5.75 Å². The van der Waals surface area contributed by atoms with E-state index < -0.39 is 15.9 Å². The van der Waals surface area contributed by atoms with Crippen LogP contribution in [-0.4, -0.2) is 50.9 Å². The summed E-state index contributed by atoms with van der Waals surface area (Å²) in [7, 11) is -0.326. The smallest absolute Gasteiger partial charge is 0.243 e. The highest BCUT2D eigenvalue weighted by molar-refractivity contribution is 9.10. The van der Waals surface area contributed by atoms with Crippen LogP contribution in [0.25, 0.3) is 11.3 Å². The molecule has 1 amide bonds. The lowest BCUT2D eigenvalue weighted by Crippen LogP contribution is -2.43. The van der Waals surface area contributed by atoms with Gasteiger partial charge in [-0.2, -0.15) is 4.31 Å². The van der Waals surface area contributed by atoms with Crippen molar-refractivity contribution in [3.05, 3.63) is 52.3 Å². The van der Waals surface area contributed by atoms with Gasteiger partial charge in [0.2, 0.25) is 15.9 Å². The lowest BCUT2D eigenvalue weighted by Gasteiger charge is -2.31. The van der Waals surface area contributed by atoms with Crippen molar-refractivity contribution >= 4 is 54.0 Å². The number of hydrogen-bond acceptors (Lipinski definition) is 7. The molecule has 1 aromatic heterocycles. The van der Waals surface area contributed by atoms with Gasteiger partial charge in [-0.1, -0.05) is 15.9 Å². The van der Waals surface area contributed by atoms with Gasteiger partial charge in [0, 0.05) is 35.6 Å². The molecule has 180 valence electrons. The van der Waals surface area contributed by atoms with E-state index in [0.29, 0.717) is 30.8 Å². The molecule has 2 aromatic carbocycles. The minimum Gasteiger partial charge on any atom is -0.495 e. The average molecular weight is 566 g/mol. The Morgan fingerprint density at radius 2 is 2.00 bits per heavy atom. The van der Waals surface area contributed by atoms with Crippen molar-refractivity contribution in [2.75, 3.05) is 37.9 Å². The van der Waals surface area contributed by atoms with Crippen LogP contribution in [0.15, 0.2) is 57.2 Å². The van der Waals surface area contributed by atoms with Gasteiger partial charge >= 0.3 is 0 Å². The Morgan fingerprint density at radius 3 is 2.68 bits per heavy atom. The maximum absolute atomic E-state index is 13.2. The summed E-state index contributed by atoms with van der Waals surface area (Å²) in [4.78, 5) is 17.9. The minimum atomic E-state index is -3.68. The zero-order valence-electron chi connectivity index (χ0n) is 18.7. The van der Waals surface area contributed by atoms with Crippen molar-refractivity contribution in [2.24, 2.45) is 5.92 Å². The van der Waals surface area contributed by atoms with E-state index in [2.05, 4.69) is 31.5 Å². The molecule has 0 spiro atoms. The number of carbonyl (C=O) groups is 1. The first-order valence-electron chi connectivity index (χ1n) is 10.7. The van der Waals surface area contributed by atoms with Gasteiger partial charge in [-0.3, -0.25) is 4.79 Å². The average Bonchev–Trinajstić information content (AvgIpc) is 3.34. The van der Waals surface area contributed by atoms with Gasteiger partial charge in [0.05, 0.1) is 29.3 Å². The van der Waals surface area contributed by atoms with Gasteiger partial charge in [-0.15, -0.1) is 11.3 Å². The zero-order chi connectivity index (χ0) is 24.3. The highest BCUT2D eigenvalue weighted by atomic mass is 79.9. The topological polar surface area (TPSA) is 101 Å². The summed E-state index contributed by atoms with van der Waals surface area (Å²) in [5.41, 5.74) is 2.16. The molecule has 34 heavy (non-hydrogen) atoms. The van der Waals surface area contributed by atoms with Crippen LogP contribution in [0.5, 0.6) is 5.75 Å². The van der Waals surface area contributed by atoms with Gasteiger partial charge < -0.3 is 15.4 Å². The van der Waals surface area contributed by atoms with Crippen LogP contribution in [0.1, 0.15) is 12.8 Å². The predicted octanol–water partition coefficient (Wildman–Crippen LogP) is 4.66. The van der Waals surface area contributed by atoms with Crippen LogP contribution in [0.3, 0.4) is 0 Å². The van der Waals surface area contributed by atoms with Gasteiger partial charge in [-0.05, 0) is 55.3 Å². The molecule has 3 aromatic rings. The standard InChI is InChI=1S/C23H25BrN4O4S2/c1-25-23-27-20(14-33-23)15-5-10-21(32-2)19(12-15)26-22(29)16-4-3-11-28(13-16)34(30,31)18-8-6-17(24)7-9-18/h5-10,12,14,16H,3-4,11,13H2,1-2H3,(H,25,27)(H,26,29)/t16-/m1/s1. The molecule has 1 aliphatic heterocycles. The Labute approximate surface area is 211 Å². The molecule has 1 atom stereocenters. The van der Waals surface area contributed by atoms with E-state index in [1.165, 1.54) is 15.6 Å². The number of hydrogen-bond donors (Lipinski definition) is 2. The van der Waals surface area contributed by atoms with Crippen molar-refractivity contribution < 1.29 is 17.9 Å². The van der Waals surface area contributed by atoms with E-state index in [4.69, 9.17) is 4.74 Å². The predicted molar refractivity (Wildman–Crippen MR) is 138 cm³/mol. The Morgan fingerprint density at radius 1 is 1.24 bits per heavy atom. The fraction of sp³-hybridized carbons (Fsp3) is 0.304. The Kier molecular flexibility index (Phi) is 7.56. The van der Waals surface area contributed by atoms with Crippen molar-refractivity contribution in [2.45, 2.75) is 17.7 Å². The minimum absolute atomic E-state index is 0.129. The molecular formula is C23H25BrN4O4S2. The summed E-state index contributed by atoms with van der Waals surface area (Å²) >= 11 is 4.82. The van der Waals surface area contributed by atoms with Gasteiger partial charge in [-0.25, -0.2) is 13.4 Å². The first-order chi connectivity index (χ1) is 16.3. The number of halogens is 1. The van der Waals surface area contributed by atoms with Crippen LogP contribution >= 0.6 is 27.3 Å². The number of aromatic nitrogens is 1. The van der Waals surface area contributed by atoms with Crippen molar-refractivity contribution in [1.29, 1.82) is 0 Å². The molecule has 4 rings (SSSR count). The largest absolute Gasteiger partial charge is 0.495 e. The Balaban J connectivity index is 1.52. The SMILES string of the molecule is CNc1nc(-c2ccc(OC)c(NC(=O)[C@@H]3CCCN(S(=O)(=O)c4ccc(Br)cc4)C3)c2)cs1. The fourth-order valence-corrected chi connectivity index (χ4v) is 6.32. The second kappa shape index (κ2) is 10.4. The number of methoxy groups -OCH3 is 1. The Hall–Kier alpha value is -2.47. The third-order valence-corrected chi connectivity index (χ3v) is 8.95. The third-order valence-electron chi connectivity index (χ3n) is 5.68. The lowest BCUT2D eigenvalue weighted by atomic mass is 9.98. The normalized spacial score (nSPS) is 16.7. The molecule has 0 radical (unpaired) electrons. The first kappa shape index (κ1) is 24.6. The molecule has 0 saturated carbocycles. The number of anilines is 2. The van der Waals surface area contributed by atoms with E-state index in [1.807, 2.05) is 24.6 Å². The van der Waals surface area contributed by atoms with Crippen molar-refractivity contribution in [1.82, 2.24) is 9.29 Å². The maximum atomic E-state index is 13.2. The molecule has 1 aliphatic rings. The molecule has 0 aliphatic carbocycles. The number of nitrogens with one attached hydrogen (secondary N) is 2. The van der Waals surface area contributed by atoms with Crippen LogP contribution in [0, 0.1) is 5.92 Å². The number of nitrogens with zero attached hydrogens (tertiary/aromatic N) is 2. The number of piperidine rings is 1. The molecule has 1 fully saturated rings. The molecule has 11 heteroatoms. The van der Waals surface area contributed by atoms with Crippen LogP contribution in [-0.2, 0) is 14.8 Å². The number of benzene rings is 2. The summed E-state index contributed by atoms with van der Waals surface area (Å²) in [6.07, 6.45) is 1.22. The lowest BCUT2D eigenvalue weighted by molar-refractivity contribution is -0.120. The monoisotopic (exact) mass is 564 g/mol. The van der Waals surface area contributed by atoms with Crippen molar-refractivity contribution in [3.63, 3.8) is 0 Å².